The summed E-state index contributed by atoms with van der Waals surface area (Å²) in [5, 5.41) is 4.32. The predicted molar refractivity (Wildman–Crippen MR) is 103 cm³/mol. The Morgan fingerprint density at radius 1 is 1.15 bits per heavy atom. The lowest BCUT2D eigenvalue weighted by molar-refractivity contribution is 0.292. The molecular formula is C19H26ClF2N3O. The van der Waals surface area contributed by atoms with Gasteiger partial charge in [0.2, 0.25) is 0 Å². The number of hydrogen-bond donors (Lipinski definition) is 0. The molecule has 0 N–H and O–H groups in total. The van der Waals surface area contributed by atoms with Gasteiger partial charge in [0.05, 0.1) is 5.69 Å². The molecular weight excluding hydrogens is 360 g/mol. The second kappa shape index (κ2) is 9.78. The van der Waals surface area contributed by atoms with E-state index in [9.17, 15) is 13.6 Å². The number of nitrogens with zero attached hydrogens (tertiary/aromatic N) is 3. The van der Waals surface area contributed by atoms with Gasteiger partial charge < -0.3 is 0 Å². The quantitative estimate of drug-likeness (QED) is 0.720. The molecule has 0 bridgehead atoms. The fourth-order valence-electron chi connectivity index (χ4n) is 2.70. The van der Waals surface area contributed by atoms with Crippen molar-refractivity contribution >= 4 is 12.4 Å². The third-order valence-corrected chi connectivity index (χ3v) is 4.08. The van der Waals surface area contributed by atoms with E-state index in [2.05, 4.69) is 10.00 Å². The van der Waals surface area contributed by atoms with E-state index in [1.165, 1.54) is 16.8 Å². The summed E-state index contributed by atoms with van der Waals surface area (Å²) in [5.74, 6) is -1.10. The minimum Gasteiger partial charge on any atom is -0.299 e. The molecule has 0 aliphatic heterocycles. The molecule has 7 heteroatoms. The van der Waals surface area contributed by atoms with Gasteiger partial charge in [-0.15, -0.1) is 12.4 Å². The topological polar surface area (TPSA) is 38.1 Å². The molecule has 0 saturated heterocycles. The summed E-state index contributed by atoms with van der Waals surface area (Å²) in [5.41, 5.74) is 0.949. The SMILES string of the molecule is CCN(CC)Cc1cc(-c2ccc(F)cc2F)nn(CC(C)C)c1=O.Cl. The van der Waals surface area contributed by atoms with E-state index in [-0.39, 0.29) is 29.4 Å². The largest absolute Gasteiger partial charge is 0.299 e. The summed E-state index contributed by atoms with van der Waals surface area (Å²) in [4.78, 5) is 14.8. The third-order valence-electron chi connectivity index (χ3n) is 4.08. The van der Waals surface area contributed by atoms with E-state index in [0.29, 0.717) is 24.3 Å². The molecule has 0 amide bonds. The normalized spacial score (nSPS) is 11.1. The molecule has 0 atom stereocenters. The first kappa shape index (κ1) is 22.3. The van der Waals surface area contributed by atoms with Gasteiger partial charge in [0.1, 0.15) is 11.6 Å². The van der Waals surface area contributed by atoms with E-state index in [1.807, 2.05) is 27.7 Å². The van der Waals surface area contributed by atoms with Crippen LogP contribution in [0.25, 0.3) is 11.3 Å². The second-order valence-electron chi connectivity index (χ2n) is 6.52. The molecule has 0 unspecified atom stereocenters. The van der Waals surface area contributed by atoms with Crippen LogP contribution in [-0.2, 0) is 13.1 Å². The van der Waals surface area contributed by atoms with Crippen LogP contribution in [0, 0.1) is 17.6 Å². The van der Waals surface area contributed by atoms with E-state index in [1.54, 1.807) is 6.07 Å². The maximum atomic E-state index is 14.2. The van der Waals surface area contributed by atoms with Crippen molar-refractivity contribution in [2.75, 3.05) is 13.1 Å². The van der Waals surface area contributed by atoms with Crippen molar-refractivity contribution < 1.29 is 8.78 Å². The van der Waals surface area contributed by atoms with Gasteiger partial charge in [-0.25, -0.2) is 13.5 Å². The smallest absolute Gasteiger partial charge is 0.271 e. The Morgan fingerprint density at radius 3 is 2.35 bits per heavy atom. The number of halogens is 3. The fourth-order valence-corrected chi connectivity index (χ4v) is 2.70. The summed E-state index contributed by atoms with van der Waals surface area (Å²) in [6.45, 7) is 10.6. The van der Waals surface area contributed by atoms with Crippen LogP contribution in [-0.4, -0.2) is 27.8 Å². The summed E-state index contributed by atoms with van der Waals surface area (Å²) in [6.07, 6.45) is 0. The molecule has 0 aliphatic carbocycles. The number of hydrogen-bond acceptors (Lipinski definition) is 3. The first-order valence-corrected chi connectivity index (χ1v) is 8.64. The van der Waals surface area contributed by atoms with Crippen molar-refractivity contribution in [3.63, 3.8) is 0 Å². The standard InChI is InChI=1S/C19H25F2N3O.ClH/c1-5-23(6-2)12-14-9-18(16-8-7-15(20)10-17(16)21)22-24(19(14)25)11-13(3)4;/h7-10,13H,5-6,11-12H2,1-4H3;1H. The zero-order chi connectivity index (χ0) is 18.6. The van der Waals surface area contributed by atoms with Crippen LogP contribution in [0.5, 0.6) is 0 Å². The van der Waals surface area contributed by atoms with Crippen molar-refractivity contribution in [3.05, 3.63) is 51.8 Å². The average molecular weight is 386 g/mol. The van der Waals surface area contributed by atoms with Gasteiger partial charge in [-0.1, -0.05) is 27.7 Å². The molecule has 4 nitrogen and oxygen atoms in total. The molecule has 0 fully saturated rings. The van der Waals surface area contributed by atoms with Gasteiger partial charge in [-0.05, 0) is 37.2 Å². The monoisotopic (exact) mass is 385 g/mol. The fraction of sp³-hybridized carbons (Fsp3) is 0.474. The third kappa shape index (κ3) is 5.35. The predicted octanol–water partition coefficient (Wildman–Crippen LogP) is 4.11. The van der Waals surface area contributed by atoms with Crippen molar-refractivity contribution in [1.82, 2.24) is 14.7 Å². The minimum absolute atomic E-state index is 0. The second-order valence-corrected chi connectivity index (χ2v) is 6.52. The zero-order valence-corrected chi connectivity index (χ0v) is 16.4. The number of benzene rings is 1. The van der Waals surface area contributed by atoms with Gasteiger partial charge in [0.15, 0.2) is 0 Å². The Labute approximate surface area is 159 Å². The van der Waals surface area contributed by atoms with Crippen LogP contribution >= 0.6 is 12.4 Å². The molecule has 2 aromatic rings. The Balaban J connectivity index is 0.00000338. The number of rotatable bonds is 7. The molecule has 144 valence electrons. The number of aromatic nitrogens is 2. The molecule has 0 saturated carbocycles. The van der Waals surface area contributed by atoms with Crippen LogP contribution in [0.4, 0.5) is 8.78 Å². The van der Waals surface area contributed by atoms with Crippen LogP contribution in [0.2, 0.25) is 0 Å². The molecule has 0 spiro atoms. The first-order valence-electron chi connectivity index (χ1n) is 8.64. The van der Waals surface area contributed by atoms with E-state index in [4.69, 9.17) is 0 Å². The summed E-state index contributed by atoms with van der Waals surface area (Å²) in [7, 11) is 0. The van der Waals surface area contributed by atoms with E-state index >= 15 is 0 Å². The molecule has 0 radical (unpaired) electrons. The van der Waals surface area contributed by atoms with Gasteiger partial charge in [-0.2, -0.15) is 5.10 Å². The van der Waals surface area contributed by atoms with Crippen LogP contribution in [0.1, 0.15) is 33.3 Å². The Hall–Kier alpha value is -1.79. The van der Waals surface area contributed by atoms with Gasteiger partial charge in [0, 0.05) is 30.3 Å². The van der Waals surface area contributed by atoms with Gasteiger partial charge in [-0.3, -0.25) is 9.69 Å². The zero-order valence-electron chi connectivity index (χ0n) is 15.6. The molecule has 1 heterocycles. The highest BCUT2D eigenvalue weighted by atomic mass is 35.5. The minimum atomic E-state index is -0.684. The molecule has 26 heavy (non-hydrogen) atoms. The van der Waals surface area contributed by atoms with Crippen LogP contribution < -0.4 is 5.56 Å². The molecule has 2 rings (SSSR count). The van der Waals surface area contributed by atoms with Gasteiger partial charge >= 0.3 is 0 Å². The summed E-state index contributed by atoms with van der Waals surface area (Å²) >= 11 is 0. The van der Waals surface area contributed by atoms with Crippen LogP contribution in [0.15, 0.2) is 29.1 Å². The van der Waals surface area contributed by atoms with Crippen molar-refractivity contribution in [2.45, 2.75) is 40.8 Å². The Morgan fingerprint density at radius 2 is 1.81 bits per heavy atom. The molecule has 1 aromatic heterocycles. The maximum absolute atomic E-state index is 14.2. The van der Waals surface area contributed by atoms with Crippen molar-refractivity contribution in [2.24, 2.45) is 5.92 Å². The highest BCUT2D eigenvalue weighted by Gasteiger charge is 2.15. The van der Waals surface area contributed by atoms with Crippen molar-refractivity contribution in [1.29, 1.82) is 0 Å². The Kier molecular flexibility index (Phi) is 8.37. The highest BCUT2D eigenvalue weighted by molar-refractivity contribution is 5.85. The lowest BCUT2D eigenvalue weighted by Crippen LogP contribution is -2.32. The van der Waals surface area contributed by atoms with E-state index < -0.39 is 11.6 Å². The average Bonchev–Trinajstić information content (AvgIpc) is 2.55. The summed E-state index contributed by atoms with van der Waals surface area (Å²) in [6, 6.07) is 5.01. The Bertz CT molecular complexity index is 789. The van der Waals surface area contributed by atoms with Crippen molar-refractivity contribution in [3.8, 4) is 11.3 Å². The lowest BCUT2D eigenvalue weighted by atomic mass is 10.1. The molecule has 0 aliphatic rings. The van der Waals surface area contributed by atoms with Crippen LogP contribution in [0.3, 0.4) is 0 Å². The van der Waals surface area contributed by atoms with Gasteiger partial charge in [0.25, 0.3) is 5.56 Å². The molecule has 1 aromatic carbocycles. The maximum Gasteiger partial charge on any atom is 0.271 e. The summed E-state index contributed by atoms with van der Waals surface area (Å²) < 4.78 is 28.8. The lowest BCUT2D eigenvalue weighted by Gasteiger charge is -2.19. The van der Waals surface area contributed by atoms with E-state index in [0.717, 1.165) is 19.2 Å². The first-order chi connectivity index (χ1) is 11.8. The highest BCUT2D eigenvalue weighted by Crippen LogP contribution is 2.22.